The van der Waals surface area contributed by atoms with E-state index in [-0.39, 0.29) is 11.6 Å². The van der Waals surface area contributed by atoms with Gasteiger partial charge in [0.1, 0.15) is 11.9 Å². The molecule has 1 saturated carbocycles. The van der Waals surface area contributed by atoms with Crippen molar-refractivity contribution >= 4 is 17.3 Å². The lowest BCUT2D eigenvalue weighted by atomic mass is 9.88. The molecule has 31 heavy (non-hydrogen) atoms. The highest BCUT2D eigenvalue weighted by Crippen LogP contribution is 2.37. The van der Waals surface area contributed by atoms with Crippen LogP contribution < -0.4 is 26.0 Å². The summed E-state index contributed by atoms with van der Waals surface area (Å²) in [6.45, 7) is 3.97. The van der Waals surface area contributed by atoms with Crippen LogP contribution in [0.25, 0.3) is 0 Å². The molecular weight excluding hydrogens is 398 g/mol. The van der Waals surface area contributed by atoms with Gasteiger partial charge in [-0.2, -0.15) is 0 Å². The molecule has 4 N–H and O–H groups in total. The summed E-state index contributed by atoms with van der Waals surface area (Å²) < 4.78 is 5.61. The number of aliphatic imine (C=N–C) groups is 1. The first-order valence-corrected chi connectivity index (χ1v) is 10.8. The molecule has 2 heterocycles. The van der Waals surface area contributed by atoms with Crippen molar-refractivity contribution in [3.63, 3.8) is 0 Å². The molecule has 1 aromatic rings. The third-order valence-corrected chi connectivity index (χ3v) is 6.57. The lowest BCUT2D eigenvalue weighted by molar-refractivity contribution is -0.438. The molecule has 10 nitrogen and oxygen atoms in total. The molecular formula is C21H31N7O3. The van der Waals surface area contributed by atoms with Crippen LogP contribution in [-0.4, -0.2) is 61.8 Å². The molecule has 0 amide bonds. The summed E-state index contributed by atoms with van der Waals surface area (Å²) in [6.07, 6.45) is 5.02. The van der Waals surface area contributed by atoms with E-state index in [1.807, 2.05) is 18.2 Å². The molecule has 0 spiro atoms. The highest BCUT2D eigenvalue weighted by molar-refractivity contribution is 5.97. The minimum Gasteiger partial charge on any atom is -0.494 e. The molecule has 3 aliphatic rings. The van der Waals surface area contributed by atoms with Crippen LogP contribution in [0.5, 0.6) is 5.75 Å². The predicted octanol–water partition coefficient (Wildman–Crippen LogP) is 1.78. The standard InChI is InChI=1S/C21H31N7O3/c1-26-9-11-27(12-10-26)16-7-8-17(18(13-16)31-2)24-20-23-14-19(28(29)30)21(22,25-20)15-5-3-4-6-15/h7-8,13-15H,3-6,9-12,22H2,1-2H3,(H2,23,24,25). The molecule has 1 aromatic carbocycles. The average molecular weight is 430 g/mol. The molecule has 2 fully saturated rings. The molecule has 1 saturated heterocycles. The van der Waals surface area contributed by atoms with Crippen LogP contribution in [0, 0.1) is 16.0 Å². The maximum Gasteiger partial charge on any atom is 0.304 e. The van der Waals surface area contributed by atoms with E-state index in [4.69, 9.17) is 10.5 Å². The Balaban J connectivity index is 1.55. The summed E-state index contributed by atoms with van der Waals surface area (Å²) in [5.74, 6) is 1.04. The second kappa shape index (κ2) is 8.72. The van der Waals surface area contributed by atoms with E-state index >= 15 is 0 Å². The number of piperazine rings is 1. The van der Waals surface area contributed by atoms with E-state index in [0.29, 0.717) is 11.7 Å². The zero-order chi connectivity index (χ0) is 22.0. The zero-order valence-corrected chi connectivity index (χ0v) is 18.1. The van der Waals surface area contributed by atoms with Crippen molar-refractivity contribution in [3.8, 4) is 5.75 Å². The number of guanidine groups is 1. The fourth-order valence-electron chi connectivity index (χ4n) is 4.65. The first kappa shape index (κ1) is 21.4. The summed E-state index contributed by atoms with van der Waals surface area (Å²) >= 11 is 0. The minimum atomic E-state index is -1.25. The Morgan fingerprint density at radius 2 is 2.00 bits per heavy atom. The fraction of sp³-hybridized carbons (Fsp3) is 0.571. The van der Waals surface area contributed by atoms with Crippen LogP contribution in [0.2, 0.25) is 0 Å². The van der Waals surface area contributed by atoms with Crippen molar-refractivity contribution < 1.29 is 9.66 Å². The van der Waals surface area contributed by atoms with Gasteiger partial charge in [-0.15, -0.1) is 0 Å². The van der Waals surface area contributed by atoms with E-state index in [1.165, 1.54) is 6.20 Å². The first-order valence-electron chi connectivity index (χ1n) is 10.8. The molecule has 1 aliphatic carbocycles. The van der Waals surface area contributed by atoms with Gasteiger partial charge in [0, 0.05) is 43.9 Å². The van der Waals surface area contributed by atoms with E-state index in [0.717, 1.165) is 63.2 Å². The van der Waals surface area contributed by atoms with Crippen LogP contribution in [0.4, 0.5) is 11.4 Å². The molecule has 4 rings (SSSR count). The van der Waals surface area contributed by atoms with Crippen molar-refractivity contribution in [2.75, 3.05) is 50.6 Å². The van der Waals surface area contributed by atoms with Gasteiger partial charge in [-0.05, 0) is 32.0 Å². The van der Waals surface area contributed by atoms with E-state index < -0.39 is 10.6 Å². The lowest BCUT2D eigenvalue weighted by Gasteiger charge is -2.36. The van der Waals surface area contributed by atoms with Crippen LogP contribution in [0.3, 0.4) is 0 Å². The van der Waals surface area contributed by atoms with E-state index in [1.54, 1.807) is 7.11 Å². The quantitative estimate of drug-likeness (QED) is 0.478. The molecule has 1 unspecified atom stereocenters. The minimum absolute atomic E-state index is 0.0158. The maximum atomic E-state index is 11.6. The Labute approximate surface area is 182 Å². The molecule has 168 valence electrons. The predicted molar refractivity (Wildman–Crippen MR) is 121 cm³/mol. The van der Waals surface area contributed by atoms with Crippen LogP contribution in [0.15, 0.2) is 35.1 Å². The van der Waals surface area contributed by atoms with Gasteiger partial charge in [-0.1, -0.05) is 12.8 Å². The highest BCUT2D eigenvalue weighted by atomic mass is 16.6. The van der Waals surface area contributed by atoms with Gasteiger partial charge in [-0.3, -0.25) is 15.8 Å². The van der Waals surface area contributed by atoms with Crippen LogP contribution in [-0.2, 0) is 0 Å². The summed E-state index contributed by atoms with van der Waals surface area (Å²) in [5, 5.41) is 17.9. The number of nitrogens with two attached hydrogens (primary N) is 1. The second-order valence-corrected chi connectivity index (χ2v) is 8.52. The number of anilines is 2. The van der Waals surface area contributed by atoms with Crippen molar-refractivity contribution in [2.24, 2.45) is 16.6 Å². The summed E-state index contributed by atoms with van der Waals surface area (Å²) in [7, 11) is 3.76. The third-order valence-electron chi connectivity index (χ3n) is 6.57. The highest BCUT2D eigenvalue weighted by Gasteiger charge is 2.49. The Kier molecular flexibility index (Phi) is 6.01. The van der Waals surface area contributed by atoms with Gasteiger partial charge in [0.05, 0.1) is 17.7 Å². The number of nitrogens with zero attached hydrogens (tertiary/aromatic N) is 4. The fourth-order valence-corrected chi connectivity index (χ4v) is 4.65. The Hall–Kier alpha value is -2.85. The number of rotatable bonds is 5. The molecule has 0 bridgehead atoms. The molecule has 0 radical (unpaired) electrons. The molecule has 1 atom stereocenters. The normalized spacial score (nSPS) is 24.9. The summed E-state index contributed by atoms with van der Waals surface area (Å²) in [5.41, 5.74) is 7.05. The van der Waals surface area contributed by atoms with Crippen molar-refractivity contribution in [1.29, 1.82) is 0 Å². The van der Waals surface area contributed by atoms with Gasteiger partial charge < -0.3 is 25.2 Å². The van der Waals surface area contributed by atoms with Crippen molar-refractivity contribution in [1.82, 2.24) is 10.2 Å². The number of hydrogen-bond acceptors (Lipinski definition) is 9. The number of ether oxygens (including phenoxy) is 1. The second-order valence-electron chi connectivity index (χ2n) is 8.52. The SMILES string of the molecule is COc1cc(N2CCN(C)CC2)ccc1NC1=NC=C([N+](=O)[O-])C(N)(C2CCCC2)N1. The third kappa shape index (κ3) is 4.31. The Morgan fingerprint density at radius 1 is 1.29 bits per heavy atom. The van der Waals surface area contributed by atoms with Crippen LogP contribution >= 0.6 is 0 Å². The van der Waals surface area contributed by atoms with Crippen LogP contribution in [0.1, 0.15) is 25.7 Å². The van der Waals surface area contributed by atoms with Gasteiger partial charge in [0.2, 0.25) is 5.96 Å². The monoisotopic (exact) mass is 429 g/mol. The Morgan fingerprint density at radius 3 is 2.65 bits per heavy atom. The van der Waals surface area contributed by atoms with E-state index in [2.05, 4.69) is 32.5 Å². The maximum absolute atomic E-state index is 11.6. The average Bonchev–Trinajstić information content (AvgIpc) is 3.30. The van der Waals surface area contributed by atoms with Gasteiger partial charge in [0.25, 0.3) is 0 Å². The number of benzene rings is 1. The summed E-state index contributed by atoms with van der Waals surface area (Å²) in [6, 6.07) is 5.99. The topological polar surface area (TPSA) is 121 Å². The number of hydrogen-bond donors (Lipinski definition) is 3. The number of nitro groups is 1. The number of likely N-dealkylation sites (N-methyl/N-ethyl adjacent to an activating group) is 1. The van der Waals surface area contributed by atoms with Gasteiger partial charge in [-0.25, -0.2) is 4.99 Å². The molecule has 2 aliphatic heterocycles. The van der Waals surface area contributed by atoms with Gasteiger partial charge >= 0.3 is 5.70 Å². The zero-order valence-electron chi connectivity index (χ0n) is 18.1. The number of nitrogens with one attached hydrogen (secondary N) is 2. The Bertz CT molecular complexity index is 889. The van der Waals surface area contributed by atoms with E-state index in [9.17, 15) is 10.1 Å². The molecule has 0 aromatic heterocycles. The largest absolute Gasteiger partial charge is 0.494 e. The van der Waals surface area contributed by atoms with Crippen molar-refractivity contribution in [2.45, 2.75) is 31.3 Å². The lowest BCUT2D eigenvalue weighted by Crippen LogP contribution is -2.65. The van der Waals surface area contributed by atoms with Crippen molar-refractivity contribution in [3.05, 3.63) is 40.2 Å². The van der Waals surface area contributed by atoms with Gasteiger partial charge in [0.15, 0.2) is 5.66 Å². The summed E-state index contributed by atoms with van der Waals surface area (Å²) in [4.78, 5) is 20.0. The smallest absolute Gasteiger partial charge is 0.304 e. The molecule has 10 heteroatoms. The number of methoxy groups -OCH3 is 1. The first-order chi connectivity index (χ1) is 14.9.